The van der Waals surface area contributed by atoms with Crippen LogP contribution >= 0.6 is 0 Å². The van der Waals surface area contributed by atoms with Gasteiger partial charge in [-0.05, 0) is 49.8 Å². The number of carbonyl (C=O) groups is 4. The minimum Gasteiger partial charge on any atom is -0.481 e. The number of aromatic nitrogens is 2. The van der Waals surface area contributed by atoms with E-state index >= 15 is 0 Å². The number of carboxylic acids is 2. The number of carbonyl (C=O) groups excluding carboxylic acids is 2. The Morgan fingerprint density at radius 1 is 1.09 bits per heavy atom. The van der Waals surface area contributed by atoms with Gasteiger partial charge in [-0.3, -0.25) is 14.4 Å². The van der Waals surface area contributed by atoms with Gasteiger partial charge in [0.15, 0.2) is 0 Å². The lowest BCUT2D eigenvalue weighted by molar-refractivity contribution is -0.141. The van der Waals surface area contributed by atoms with Crippen molar-refractivity contribution < 1.29 is 29.4 Å². The van der Waals surface area contributed by atoms with Crippen LogP contribution in [0.15, 0.2) is 18.2 Å². The van der Waals surface area contributed by atoms with Crippen LogP contribution < -0.4 is 5.32 Å². The molecule has 2 aromatic rings. The fourth-order valence-electron chi connectivity index (χ4n) is 4.32. The van der Waals surface area contributed by atoms with E-state index in [1.54, 1.807) is 12.1 Å². The number of aliphatic carboxylic acids is 2. The van der Waals surface area contributed by atoms with E-state index in [9.17, 15) is 24.3 Å². The third kappa shape index (κ3) is 5.32. The standard InChI is InChI=1S/C23H28N4O6/c28-20(7-8-21(29)30)24-10-9-19-25-16-12-15(5-6-17(16)27(19)13-14-3-4-14)22(31)26-11-1-2-18(26)23(32)33/h5-6,12,14,18H,1-4,7-11,13H2,(H,24,28)(H,29,30)(H,32,33). The molecule has 0 bridgehead atoms. The maximum Gasteiger partial charge on any atom is 0.326 e. The molecule has 1 aromatic carbocycles. The molecule has 176 valence electrons. The quantitative estimate of drug-likeness (QED) is 0.493. The van der Waals surface area contributed by atoms with Gasteiger partial charge in [-0.1, -0.05) is 0 Å². The molecular formula is C23H28N4O6. The molecule has 1 saturated carbocycles. The number of carboxylic acid groups (broad SMARTS) is 2. The molecule has 2 heterocycles. The molecule has 1 atom stereocenters. The SMILES string of the molecule is O=C(O)CCC(=O)NCCc1nc2cc(C(=O)N3CCCC3C(=O)O)ccc2n1CC1CC1. The number of nitrogens with one attached hydrogen (secondary N) is 1. The van der Waals surface area contributed by atoms with Crippen molar-refractivity contribution in [3.63, 3.8) is 0 Å². The van der Waals surface area contributed by atoms with Gasteiger partial charge in [0.25, 0.3) is 5.91 Å². The maximum atomic E-state index is 13.0. The Morgan fingerprint density at radius 2 is 1.88 bits per heavy atom. The van der Waals surface area contributed by atoms with Crippen molar-refractivity contribution in [3.05, 3.63) is 29.6 Å². The third-order valence-electron chi connectivity index (χ3n) is 6.25. The van der Waals surface area contributed by atoms with Crippen molar-refractivity contribution in [1.82, 2.24) is 19.8 Å². The molecule has 33 heavy (non-hydrogen) atoms. The number of hydrogen-bond acceptors (Lipinski definition) is 5. The van der Waals surface area contributed by atoms with E-state index in [1.807, 2.05) is 6.07 Å². The highest BCUT2D eigenvalue weighted by Gasteiger charge is 2.34. The second-order valence-corrected chi connectivity index (χ2v) is 8.77. The van der Waals surface area contributed by atoms with Crippen LogP contribution in [0.4, 0.5) is 0 Å². The predicted molar refractivity (Wildman–Crippen MR) is 118 cm³/mol. The van der Waals surface area contributed by atoms with E-state index in [0.29, 0.717) is 49.4 Å². The van der Waals surface area contributed by atoms with Crippen LogP contribution in [-0.4, -0.2) is 67.5 Å². The third-order valence-corrected chi connectivity index (χ3v) is 6.25. The van der Waals surface area contributed by atoms with Crippen molar-refractivity contribution in [1.29, 1.82) is 0 Å². The lowest BCUT2D eigenvalue weighted by Crippen LogP contribution is -2.40. The second-order valence-electron chi connectivity index (χ2n) is 8.77. The minimum atomic E-state index is -1.01. The monoisotopic (exact) mass is 456 g/mol. The summed E-state index contributed by atoms with van der Waals surface area (Å²) in [4.78, 5) is 53.0. The predicted octanol–water partition coefficient (Wildman–Crippen LogP) is 1.66. The molecule has 2 amide bonds. The van der Waals surface area contributed by atoms with E-state index < -0.39 is 18.0 Å². The van der Waals surface area contributed by atoms with Gasteiger partial charge >= 0.3 is 11.9 Å². The van der Waals surface area contributed by atoms with Crippen LogP contribution in [0.3, 0.4) is 0 Å². The largest absolute Gasteiger partial charge is 0.481 e. The van der Waals surface area contributed by atoms with E-state index in [0.717, 1.165) is 30.7 Å². The molecule has 10 nitrogen and oxygen atoms in total. The fraction of sp³-hybridized carbons (Fsp3) is 0.522. The van der Waals surface area contributed by atoms with Crippen LogP contribution in [0, 0.1) is 5.92 Å². The first-order valence-electron chi connectivity index (χ1n) is 11.3. The summed E-state index contributed by atoms with van der Waals surface area (Å²) in [5, 5.41) is 20.8. The molecular weight excluding hydrogens is 428 g/mol. The summed E-state index contributed by atoms with van der Waals surface area (Å²) < 4.78 is 2.13. The van der Waals surface area contributed by atoms with Gasteiger partial charge in [0.2, 0.25) is 5.91 Å². The summed E-state index contributed by atoms with van der Waals surface area (Å²) in [6, 6.07) is 4.51. The lowest BCUT2D eigenvalue weighted by Gasteiger charge is -2.21. The first-order valence-corrected chi connectivity index (χ1v) is 11.3. The summed E-state index contributed by atoms with van der Waals surface area (Å²) in [6.07, 6.45) is 3.66. The summed E-state index contributed by atoms with van der Waals surface area (Å²) in [7, 11) is 0. The van der Waals surface area contributed by atoms with Crippen LogP contribution in [0.2, 0.25) is 0 Å². The molecule has 0 spiro atoms. The molecule has 1 aliphatic carbocycles. The number of imidazole rings is 1. The lowest BCUT2D eigenvalue weighted by atomic mass is 10.1. The van der Waals surface area contributed by atoms with Crippen LogP contribution in [0.1, 0.15) is 54.7 Å². The fourth-order valence-corrected chi connectivity index (χ4v) is 4.32. The van der Waals surface area contributed by atoms with Crippen molar-refractivity contribution in [2.45, 2.75) is 57.5 Å². The number of hydrogen-bond donors (Lipinski definition) is 3. The molecule has 2 aliphatic rings. The van der Waals surface area contributed by atoms with Gasteiger partial charge in [0.05, 0.1) is 17.5 Å². The number of benzene rings is 1. The van der Waals surface area contributed by atoms with Crippen molar-refractivity contribution in [2.24, 2.45) is 5.92 Å². The second kappa shape index (κ2) is 9.60. The molecule has 0 radical (unpaired) electrons. The Kier molecular flexibility index (Phi) is 6.62. The van der Waals surface area contributed by atoms with Crippen LogP contribution in [-0.2, 0) is 27.3 Å². The van der Waals surface area contributed by atoms with E-state index in [1.165, 1.54) is 4.90 Å². The number of nitrogens with zero attached hydrogens (tertiary/aromatic N) is 3. The summed E-state index contributed by atoms with van der Waals surface area (Å²) in [6.45, 7) is 1.59. The van der Waals surface area contributed by atoms with Crippen LogP contribution in [0.25, 0.3) is 11.0 Å². The summed E-state index contributed by atoms with van der Waals surface area (Å²) in [5.74, 6) is -1.22. The normalized spacial score (nSPS) is 17.9. The molecule has 1 unspecified atom stereocenters. The maximum absolute atomic E-state index is 13.0. The van der Waals surface area contributed by atoms with Gasteiger partial charge in [0, 0.05) is 38.0 Å². The Bertz CT molecular complexity index is 1090. The average molecular weight is 456 g/mol. The van der Waals surface area contributed by atoms with Gasteiger partial charge < -0.3 is 25.0 Å². The van der Waals surface area contributed by atoms with Crippen molar-refractivity contribution in [2.75, 3.05) is 13.1 Å². The molecule has 4 rings (SSSR count). The molecule has 3 N–H and O–H groups in total. The van der Waals surface area contributed by atoms with Gasteiger partial charge in [-0.2, -0.15) is 0 Å². The number of fused-ring (bicyclic) bond motifs is 1. The Balaban J connectivity index is 1.51. The Morgan fingerprint density at radius 3 is 2.58 bits per heavy atom. The zero-order valence-electron chi connectivity index (χ0n) is 18.3. The average Bonchev–Trinajstić information content (AvgIpc) is 3.34. The Hall–Kier alpha value is -3.43. The van der Waals surface area contributed by atoms with Gasteiger partial charge in [-0.25, -0.2) is 9.78 Å². The van der Waals surface area contributed by atoms with Gasteiger partial charge in [-0.15, -0.1) is 0 Å². The number of rotatable bonds is 10. The zero-order valence-corrected chi connectivity index (χ0v) is 18.3. The van der Waals surface area contributed by atoms with E-state index in [-0.39, 0.29) is 24.7 Å². The molecule has 1 aromatic heterocycles. The highest BCUT2D eigenvalue weighted by Crippen LogP contribution is 2.33. The van der Waals surface area contributed by atoms with E-state index in [4.69, 9.17) is 10.1 Å². The first-order chi connectivity index (χ1) is 15.8. The highest BCUT2D eigenvalue weighted by molar-refractivity contribution is 5.99. The molecule has 2 fully saturated rings. The zero-order chi connectivity index (χ0) is 23.5. The Labute approximate surface area is 190 Å². The number of likely N-dealkylation sites (tertiary alicyclic amines) is 1. The molecule has 1 saturated heterocycles. The van der Waals surface area contributed by atoms with E-state index in [2.05, 4.69) is 9.88 Å². The number of amides is 2. The van der Waals surface area contributed by atoms with Gasteiger partial charge in [0.1, 0.15) is 11.9 Å². The molecule has 1 aliphatic heterocycles. The smallest absolute Gasteiger partial charge is 0.326 e. The highest BCUT2D eigenvalue weighted by atomic mass is 16.4. The minimum absolute atomic E-state index is 0.0624. The van der Waals surface area contributed by atoms with Crippen molar-refractivity contribution in [3.8, 4) is 0 Å². The van der Waals surface area contributed by atoms with Crippen LogP contribution in [0.5, 0.6) is 0 Å². The topological polar surface area (TPSA) is 142 Å². The molecule has 10 heteroatoms. The van der Waals surface area contributed by atoms with Crippen molar-refractivity contribution >= 4 is 34.8 Å². The summed E-state index contributed by atoms with van der Waals surface area (Å²) in [5.41, 5.74) is 1.99. The summed E-state index contributed by atoms with van der Waals surface area (Å²) >= 11 is 0. The first kappa shape index (κ1) is 22.8.